The van der Waals surface area contributed by atoms with Crippen molar-refractivity contribution >= 4 is 54.0 Å². The van der Waals surface area contributed by atoms with Gasteiger partial charge in [0.2, 0.25) is 0 Å². The zero-order chi connectivity index (χ0) is 20.3. The molecular weight excluding hydrogens is 466 g/mol. The lowest BCUT2D eigenvalue weighted by Crippen LogP contribution is -2.15. The molecule has 28 heavy (non-hydrogen) atoms. The average Bonchev–Trinajstić information content (AvgIpc) is 3.12. The summed E-state index contributed by atoms with van der Waals surface area (Å²) in [5.74, 6) is 0.131. The number of thiazole rings is 1. The number of nitrogens with zero attached hydrogens (tertiary/aromatic N) is 1. The standard InChI is InChI=1S/C18H16BrN3O4S2/c1-11-9-12(19)3-8-15(11)20-17(23)16-10-27-18(21-16)22-28(24,25)14-6-4-13(26-2)5-7-14/h3-10H,1-2H3,(H,20,23)(H,21,22). The molecule has 0 bridgehead atoms. The van der Waals surface area contributed by atoms with Gasteiger partial charge in [-0.3, -0.25) is 9.52 Å². The molecule has 0 spiro atoms. The van der Waals surface area contributed by atoms with Crippen LogP contribution in [0.1, 0.15) is 16.1 Å². The number of sulfonamides is 1. The second-order valence-corrected chi connectivity index (χ2v) is 9.19. The molecule has 7 nitrogen and oxygen atoms in total. The van der Waals surface area contributed by atoms with Gasteiger partial charge in [-0.1, -0.05) is 15.9 Å². The quantitative estimate of drug-likeness (QED) is 0.547. The Balaban J connectivity index is 1.73. The Kier molecular flexibility index (Phi) is 6.01. The predicted octanol–water partition coefficient (Wildman–Crippen LogP) is 4.28. The van der Waals surface area contributed by atoms with E-state index in [2.05, 4.69) is 31.0 Å². The Morgan fingerprint density at radius 3 is 2.54 bits per heavy atom. The van der Waals surface area contributed by atoms with Gasteiger partial charge in [-0.2, -0.15) is 0 Å². The molecule has 3 aromatic rings. The van der Waals surface area contributed by atoms with E-state index in [-0.39, 0.29) is 15.7 Å². The average molecular weight is 482 g/mol. The number of hydrogen-bond acceptors (Lipinski definition) is 6. The SMILES string of the molecule is COc1ccc(S(=O)(=O)Nc2nc(C(=O)Nc3ccc(Br)cc3C)cs2)cc1. The summed E-state index contributed by atoms with van der Waals surface area (Å²) in [4.78, 5) is 16.6. The summed E-state index contributed by atoms with van der Waals surface area (Å²) >= 11 is 4.40. The third-order valence-corrected chi connectivity index (χ3v) is 6.50. The fraction of sp³-hybridized carbons (Fsp3) is 0.111. The second-order valence-electron chi connectivity index (χ2n) is 5.73. The van der Waals surface area contributed by atoms with Crippen molar-refractivity contribution in [3.05, 3.63) is 63.6 Å². The molecule has 0 aliphatic rings. The Bertz CT molecular complexity index is 1110. The maximum atomic E-state index is 12.5. The molecule has 1 heterocycles. The van der Waals surface area contributed by atoms with E-state index in [0.29, 0.717) is 11.4 Å². The number of hydrogen-bond donors (Lipinski definition) is 2. The number of benzene rings is 2. The first-order valence-corrected chi connectivity index (χ1v) is 11.1. The van der Waals surface area contributed by atoms with Crippen molar-refractivity contribution in [3.63, 3.8) is 0 Å². The van der Waals surface area contributed by atoms with Gasteiger partial charge in [-0.25, -0.2) is 13.4 Å². The van der Waals surface area contributed by atoms with Crippen LogP contribution in [0, 0.1) is 6.92 Å². The molecule has 0 saturated heterocycles. The lowest BCUT2D eigenvalue weighted by Gasteiger charge is -2.07. The highest BCUT2D eigenvalue weighted by molar-refractivity contribution is 9.10. The van der Waals surface area contributed by atoms with Crippen LogP contribution in [0.4, 0.5) is 10.8 Å². The number of aromatic nitrogens is 1. The van der Waals surface area contributed by atoms with Crippen molar-refractivity contribution in [2.75, 3.05) is 17.1 Å². The van der Waals surface area contributed by atoms with Crippen LogP contribution in [0.2, 0.25) is 0 Å². The molecule has 0 unspecified atom stereocenters. The Labute approximate surface area is 175 Å². The van der Waals surface area contributed by atoms with Gasteiger partial charge in [-0.15, -0.1) is 11.3 Å². The molecule has 0 aliphatic heterocycles. The van der Waals surface area contributed by atoms with E-state index < -0.39 is 15.9 Å². The molecule has 0 radical (unpaired) electrons. The van der Waals surface area contributed by atoms with Crippen molar-refractivity contribution in [2.24, 2.45) is 0 Å². The topological polar surface area (TPSA) is 97.4 Å². The number of aryl methyl sites for hydroxylation is 1. The zero-order valence-corrected chi connectivity index (χ0v) is 18.1. The molecule has 3 rings (SSSR count). The summed E-state index contributed by atoms with van der Waals surface area (Å²) in [6.07, 6.45) is 0. The van der Waals surface area contributed by atoms with E-state index in [9.17, 15) is 13.2 Å². The smallest absolute Gasteiger partial charge is 0.275 e. The second kappa shape index (κ2) is 8.29. The fourth-order valence-electron chi connectivity index (χ4n) is 2.31. The number of methoxy groups -OCH3 is 1. The molecule has 1 aromatic heterocycles. The van der Waals surface area contributed by atoms with Gasteiger partial charge in [0.25, 0.3) is 15.9 Å². The summed E-state index contributed by atoms with van der Waals surface area (Å²) in [5, 5.41) is 4.37. The first-order valence-electron chi connectivity index (χ1n) is 7.98. The fourth-order valence-corrected chi connectivity index (χ4v) is 4.73. The van der Waals surface area contributed by atoms with E-state index in [4.69, 9.17) is 4.74 Å². The van der Waals surface area contributed by atoms with Gasteiger partial charge in [0.1, 0.15) is 11.4 Å². The van der Waals surface area contributed by atoms with Gasteiger partial charge in [0.15, 0.2) is 5.13 Å². The monoisotopic (exact) mass is 481 g/mol. The van der Waals surface area contributed by atoms with Crippen LogP contribution in [0.25, 0.3) is 0 Å². The molecule has 10 heteroatoms. The number of rotatable bonds is 6. The highest BCUT2D eigenvalue weighted by Crippen LogP contribution is 2.24. The summed E-state index contributed by atoms with van der Waals surface area (Å²) in [5.41, 5.74) is 1.67. The highest BCUT2D eigenvalue weighted by Gasteiger charge is 2.18. The van der Waals surface area contributed by atoms with Crippen molar-refractivity contribution in [1.82, 2.24) is 4.98 Å². The van der Waals surface area contributed by atoms with Crippen molar-refractivity contribution in [3.8, 4) is 5.75 Å². The van der Waals surface area contributed by atoms with Crippen molar-refractivity contribution in [2.45, 2.75) is 11.8 Å². The summed E-state index contributed by atoms with van der Waals surface area (Å²) in [7, 11) is -2.32. The van der Waals surface area contributed by atoms with Gasteiger partial charge < -0.3 is 10.1 Å². The third-order valence-electron chi connectivity index (χ3n) is 3.76. The van der Waals surface area contributed by atoms with E-state index in [1.54, 1.807) is 18.2 Å². The summed E-state index contributed by atoms with van der Waals surface area (Å²) in [6.45, 7) is 1.87. The molecular formula is C18H16BrN3O4S2. The van der Waals surface area contributed by atoms with Crippen LogP contribution in [0.3, 0.4) is 0 Å². The van der Waals surface area contributed by atoms with Crippen molar-refractivity contribution < 1.29 is 17.9 Å². The summed E-state index contributed by atoms with van der Waals surface area (Å²) < 4.78 is 33.2. The molecule has 2 aromatic carbocycles. The third kappa shape index (κ3) is 4.70. The van der Waals surface area contributed by atoms with Gasteiger partial charge in [-0.05, 0) is 55.0 Å². The maximum Gasteiger partial charge on any atom is 0.275 e. The van der Waals surface area contributed by atoms with Crippen LogP contribution < -0.4 is 14.8 Å². The van der Waals surface area contributed by atoms with E-state index in [0.717, 1.165) is 21.4 Å². The lowest BCUT2D eigenvalue weighted by atomic mass is 10.2. The Morgan fingerprint density at radius 2 is 1.89 bits per heavy atom. The largest absolute Gasteiger partial charge is 0.497 e. The number of anilines is 2. The van der Waals surface area contributed by atoms with E-state index in [1.807, 2.05) is 19.1 Å². The van der Waals surface area contributed by atoms with E-state index >= 15 is 0 Å². The first kappa shape index (κ1) is 20.3. The number of ether oxygens (including phenoxy) is 1. The number of nitrogens with one attached hydrogen (secondary N) is 2. The maximum absolute atomic E-state index is 12.5. The Hall–Kier alpha value is -2.43. The van der Waals surface area contributed by atoms with Crippen molar-refractivity contribution in [1.29, 1.82) is 0 Å². The minimum atomic E-state index is -3.82. The molecule has 0 fully saturated rings. The van der Waals surface area contributed by atoms with Gasteiger partial charge >= 0.3 is 0 Å². The predicted molar refractivity (Wildman–Crippen MR) is 113 cm³/mol. The number of carbonyl (C=O) groups excluding carboxylic acids is 1. The zero-order valence-electron chi connectivity index (χ0n) is 14.9. The highest BCUT2D eigenvalue weighted by atomic mass is 79.9. The minimum absolute atomic E-state index is 0.0694. The molecule has 146 valence electrons. The molecule has 0 saturated carbocycles. The van der Waals surface area contributed by atoms with Crippen LogP contribution >= 0.6 is 27.3 Å². The minimum Gasteiger partial charge on any atom is -0.497 e. The molecule has 0 atom stereocenters. The first-order chi connectivity index (χ1) is 13.3. The lowest BCUT2D eigenvalue weighted by molar-refractivity contribution is 0.102. The normalized spacial score (nSPS) is 11.1. The number of carbonyl (C=O) groups is 1. The van der Waals surface area contributed by atoms with Crippen LogP contribution in [-0.4, -0.2) is 26.4 Å². The Morgan fingerprint density at radius 1 is 1.18 bits per heavy atom. The number of halogens is 1. The summed E-state index contributed by atoms with van der Waals surface area (Å²) in [6, 6.07) is 11.4. The van der Waals surface area contributed by atoms with E-state index in [1.165, 1.54) is 24.6 Å². The van der Waals surface area contributed by atoms with Crippen LogP contribution in [0.15, 0.2) is 57.2 Å². The van der Waals surface area contributed by atoms with Crippen LogP contribution in [0.5, 0.6) is 5.75 Å². The molecule has 2 N–H and O–H groups in total. The molecule has 1 amide bonds. The van der Waals surface area contributed by atoms with Gasteiger partial charge in [0.05, 0.1) is 12.0 Å². The number of amides is 1. The van der Waals surface area contributed by atoms with Crippen LogP contribution in [-0.2, 0) is 10.0 Å². The van der Waals surface area contributed by atoms with Gasteiger partial charge in [0, 0.05) is 15.5 Å². The molecule has 0 aliphatic carbocycles.